The van der Waals surface area contributed by atoms with Crippen molar-refractivity contribution in [1.29, 1.82) is 0 Å². The lowest BCUT2D eigenvalue weighted by molar-refractivity contribution is -0.385. The van der Waals surface area contributed by atoms with Crippen LogP contribution in [0.5, 0.6) is 0 Å². The van der Waals surface area contributed by atoms with Crippen LogP contribution in [0.3, 0.4) is 0 Å². The van der Waals surface area contributed by atoms with E-state index in [9.17, 15) is 10.1 Å². The van der Waals surface area contributed by atoms with E-state index in [0.29, 0.717) is 6.42 Å². The molecule has 5 heteroatoms. The van der Waals surface area contributed by atoms with Crippen molar-refractivity contribution in [3.05, 3.63) is 39.9 Å². The van der Waals surface area contributed by atoms with Crippen molar-refractivity contribution in [3.63, 3.8) is 0 Å². The third kappa shape index (κ3) is 3.85. The van der Waals surface area contributed by atoms with Gasteiger partial charge >= 0.3 is 0 Å². The van der Waals surface area contributed by atoms with Crippen LogP contribution in [0.2, 0.25) is 0 Å². The van der Waals surface area contributed by atoms with E-state index in [0.717, 1.165) is 5.56 Å². The fourth-order valence-corrected chi connectivity index (χ4v) is 1.29. The molecule has 0 fully saturated rings. The Balaban J connectivity index is 0.00000196. The lowest BCUT2D eigenvalue weighted by atomic mass is 10.1. The molecule has 0 aliphatic carbocycles. The summed E-state index contributed by atoms with van der Waals surface area (Å²) in [6.07, 6.45) is 0.674. The quantitative estimate of drug-likeness (QED) is 0.637. The maximum atomic E-state index is 10.7. The number of benzene rings is 1. The smallest absolute Gasteiger partial charge is 0.272 e. The molecule has 0 aromatic heterocycles. The van der Waals surface area contributed by atoms with Crippen molar-refractivity contribution in [2.75, 3.05) is 7.05 Å². The minimum atomic E-state index is -0.336. The van der Waals surface area contributed by atoms with Crippen molar-refractivity contribution in [3.8, 4) is 0 Å². The average Bonchev–Trinajstić information content (AvgIpc) is 2.18. The number of nitrogens with zero attached hydrogens (tertiary/aromatic N) is 1. The average molecular weight is 231 g/mol. The maximum Gasteiger partial charge on any atom is 0.272 e. The Morgan fingerprint density at radius 1 is 1.47 bits per heavy atom. The van der Waals surface area contributed by atoms with Gasteiger partial charge in [0, 0.05) is 17.7 Å². The van der Waals surface area contributed by atoms with Crippen LogP contribution < -0.4 is 5.32 Å². The molecular formula is C10H15ClN2O2. The molecule has 0 heterocycles. The third-order valence-corrected chi connectivity index (χ3v) is 2.21. The van der Waals surface area contributed by atoms with E-state index in [4.69, 9.17) is 0 Å². The van der Waals surface area contributed by atoms with Crippen LogP contribution in [-0.4, -0.2) is 18.0 Å². The van der Waals surface area contributed by atoms with Crippen molar-refractivity contribution < 1.29 is 4.92 Å². The van der Waals surface area contributed by atoms with E-state index in [1.54, 1.807) is 12.1 Å². The largest absolute Gasteiger partial charge is 0.317 e. The Morgan fingerprint density at radius 3 is 2.60 bits per heavy atom. The van der Waals surface area contributed by atoms with Crippen LogP contribution in [0.15, 0.2) is 24.3 Å². The lowest BCUT2D eigenvalue weighted by Crippen LogP contribution is -2.23. The summed E-state index contributed by atoms with van der Waals surface area (Å²) in [5, 5.41) is 13.7. The number of nitro groups is 1. The minimum absolute atomic E-state index is 0. The van der Waals surface area contributed by atoms with Gasteiger partial charge in [-0.3, -0.25) is 10.1 Å². The van der Waals surface area contributed by atoms with E-state index in [-0.39, 0.29) is 29.1 Å². The van der Waals surface area contributed by atoms with Crippen molar-refractivity contribution in [2.45, 2.75) is 19.4 Å². The summed E-state index contributed by atoms with van der Waals surface area (Å²) in [7, 11) is 1.85. The first-order valence-electron chi connectivity index (χ1n) is 4.54. The molecule has 0 aliphatic rings. The molecule has 1 atom stereocenters. The normalized spacial score (nSPS) is 11.6. The van der Waals surface area contributed by atoms with Crippen LogP contribution in [-0.2, 0) is 6.42 Å². The summed E-state index contributed by atoms with van der Waals surface area (Å²) in [4.78, 5) is 10.3. The summed E-state index contributed by atoms with van der Waals surface area (Å²) in [5.74, 6) is 0. The number of hydrogen-bond donors (Lipinski definition) is 1. The predicted molar refractivity (Wildman–Crippen MR) is 62.6 cm³/mol. The summed E-state index contributed by atoms with van der Waals surface area (Å²) in [6.45, 7) is 2.00. The fraction of sp³-hybridized carbons (Fsp3) is 0.400. The standard InChI is InChI=1S/C10H14N2O2.ClH/c1-8(11-2)7-9-5-3-4-6-10(9)12(13)14;/h3-6,8,11H,7H2,1-2H3;1H. The van der Waals surface area contributed by atoms with E-state index >= 15 is 0 Å². The van der Waals surface area contributed by atoms with Crippen molar-refractivity contribution >= 4 is 18.1 Å². The van der Waals surface area contributed by atoms with Gasteiger partial charge in [0.1, 0.15) is 0 Å². The molecule has 1 unspecified atom stereocenters. The molecule has 0 amide bonds. The second-order valence-electron chi connectivity index (χ2n) is 3.28. The monoisotopic (exact) mass is 230 g/mol. The Morgan fingerprint density at radius 2 is 2.07 bits per heavy atom. The summed E-state index contributed by atoms with van der Waals surface area (Å²) in [5.41, 5.74) is 0.981. The van der Waals surface area contributed by atoms with Gasteiger partial charge in [0.15, 0.2) is 0 Å². The molecule has 4 nitrogen and oxygen atoms in total. The Hall–Kier alpha value is -1.13. The number of hydrogen-bond acceptors (Lipinski definition) is 3. The number of rotatable bonds is 4. The van der Waals surface area contributed by atoms with Crippen molar-refractivity contribution in [2.24, 2.45) is 0 Å². The zero-order chi connectivity index (χ0) is 10.6. The van der Waals surface area contributed by atoms with Crippen LogP contribution in [0.1, 0.15) is 12.5 Å². The molecule has 1 aromatic carbocycles. The Bertz CT molecular complexity index is 331. The number of nitrogens with one attached hydrogen (secondary N) is 1. The number of halogens is 1. The van der Waals surface area contributed by atoms with E-state index in [1.165, 1.54) is 6.07 Å². The van der Waals surface area contributed by atoms with Gasteiger partial charge in [-0.1, -0.05) is 18.2 Å². The molecule has 15 heavy (non-hydrogen) atoms. The van der Waals surface area contributed by atoms with Crippen LogP contribution in [0, 0.1) is 10.1 Å². The van der Waals surface area contributed by atoms with Gasteiger partial charge in [0.2, 0.25) is 0 Å². The number of nitro benzene ring substituents is 1. The van der Waals surface area contributed by atoms with E-state index < -0.39 is 0 Å². The predicted octanol–water partition coefficient (Wildman–Crippen LogP) is 2.17. The maximum absolute atomic E-state index is 10.7. The van der Waals surface area contributed by atoms with Gasteiger partial charge < -0.3 is 5.32 Å². The third-order valence-electron chi connectivity index (χ3n) is 2.21. The van der Waals surface area contributed by atoms with E-state index in [1.807, 2.05) is 20.0 Å². The molecule has 0 saturated carbocycles. The van der Waals surface area contributed by atoms with Crippen LogP contribution >= 0.6 is 12.4 Å². The second-order valence-corrected chi connectivity index (χ2v) is 3.28. The molecule has 1 N–H and O–H groups in total. The highest BCUT2D eigenvalue weighted by molar-refractivity contribution is 5.85. The van der Waals surface area contributed by atoms with Gasteiger partial charge in [-0.2, -0.15) is 0 Å². The van der Waals surface area contributed by atoms with Crippen molar-refractivity contribution in [1.82, 2.24) is 5.32 Å². The van der Waals surface area contributed by atoms with Crippen LogP contribution in [0.4, 0.5) is 5.69 Å². The van der Waals surface area contributed by atoms with E-state index in [2.05, 4.69) is 5.32 Å². The Kier molecular flexibility index (Phi) is 5.89. The highest BCUT2D eigenvalue weighted by Crippen LogP contribution is 2.18. The fourth-order valence-electron chi connectivity index (χ4n) is 1.29. The minimum Gasteiger partial charge on any atom is -0.317 e. The second kappa shape index (κ2) is 6.37. The number of likely N-dealkylation sites (N-methyl/N-ethyl adjacent to an activating group) is 1. The van der Waals surface area contributed by atoms with Gasteiger partial charge in [-0.15, -0.1) is 12.4 Å². The van der Waals surface area contributed by atoms with Gasteiger partial charge in [0.25, 0.3) is 5.69 Å². The SMILES string of the molecule is CNC(C)Cc1ccccc1[N+](=O)[O-].Cl. The molecular weight excluding hydrogens is 216 g/mol. The highest BCUT2D eigenvalue weighted by Gasteiger charge is 2.13. The Labute approximate surface area is 95.2 Å². The highest BCUT2D eigenvalue weighted by atomic mass is 35.5. The zero-order valence-corrected chi connectivity index (χ0v) is 9.58. The zero-order valence-electron chi connectivity index (χ0n) is 8.77. The first kappa shape index (κ1) is 13.9. The molecule has 1 rings (SSSR count). The summed E-state index contributed by atoms with van der Waals surface area (Å²) in [6, 6.07) is 7.09. The van der Waals surface area contributed by atoms with Gasteiger partial charge in [-0.05, 0) is 20.4 Å². The topological polar surface area (TPSA) is 55.2 Å². The van der Waals surface area contributed by atoms with Gasteiger partial charge in [0.05, 0.1) is 4.92 Å². The molecule has 0 radical (unpaired) electrons. The van der Waals surface area contributed by atoms with Gasteiger partial charge in [-0.25, -0.2) is 0 Å². The molecule has 0 saturated heterocycles. The molecule has 1 aromatic rings. The number of para-hydroxylation sites is 1. The molecule has 0 aliphatic heterocycles. The summed E-state index contributed by atoms with van der Waals surface area (Å²) >= 11 is 0. The van der Waals surface area contributed by atoms with Crippen LogP contribution in [0.25, 0.3) is 0 Å². The molecule has 0 spiro atoms. The summed E-state index contributed by atoms with van der Waals surface area (Å²) < 4.78 is 0. The first-order chi connectivity index (χ1) is 6.65. The first-order valence-corrected chi connectivity index (χ1v) is 4.54. The molecule has 84 valence electrons. The lowest BCUT2D eigenvalue weighted by Gasteiger charge is -2.09. The molecule has 0 bridgehead atoms.